The fourth-order valence-electron chi connectivity index (χ4n) is 2.16. The number of carboxylic acid groups (broad SMARTS) is 1. The molecule has 1 amide bonds. The van der Waals surface area contributed by atoms with Gasteiger partial charge in [-0.25, -0.2) is 14.2 Å². The number of amides is 1. The lowest BCUT2D eigenvalue weighted by molar-refractivity contribution is -0.139. The molecule has 8 heteroatoms. The second kappa shape index (κ2) is 7.39. The van der Waals surface area contributed by atoms with Crippen LogP contribution in [0.4, 0.5) is 4.39 Å². The molecule has 0 fully saturated rings. The molecule has 1 aromatic carbocycles. The van der Waals surface area contributed by atoms with Crippen molar-refractivity contribution in [3.63, 3.8) is 0 Å². The zero-order valence-corrected chi connectivity index (χ0v) is 14.2. The molecule has 1 aromatic heterocycles. The second-order valence-electron chi connectivity index (χ2n) is 5.01. The molecule has 0 saturated heterocycles. The van der Waals surface area contributed by atoms with Gasteiger partial charge in [0.15, 0.2) is 17.6 Å². The van der Waals surface area contributed by atoms with Gasteiger partial charge in [-0.15, -0.1) is 11.3 Å². The zero-order valence-electron chi connectivity index (χ0n) is 13.4. The number of rotatable bonds is 6. The summed E-state index contributed by atoms with van der Waals surface area (Å²) in [6.45, 7) is 3.60. The highest BCUT2D eigenvalue weighted by molar-refractivity contribution is 7.13. The number of thiazole rings is 1. The topological polar surface area (TPSA) is 88.5 Å². The van der Waals surface area contributed by atoms with Gasteiger partial charge in [0.05, 0.1) is 17.8 Å². The molecule has 6 nitrogen and oxygen atoms in total. The van der Waals surface area contributed by atoms with E-state index >= 15 is 0 Å². The van der Waals surface area contributed by atoms with Crippen molar-refractivity contribution in [3.05, 3.63) is 45.2 Å². The maximum absolute atomic E-state index is 13.8. The highest BCUT2D eigenvalue weighted by Crippen LogP contribution is 2.24. The van der Waals surface area contributed by atoms with Gasteiger partial charge in [0.1, 0.15) is 4.88 Å². The summed E-state index contributed by atoms with van der Waals surface area (Å²) < 4.78 is 18.6. The molecule has 2 aromatic rings. The van der Waals surface area contributed by atoms with Crippen molar-refractivity contribution in [2.24, 2.45) is 0 Å². The van der Waals surface area contributed by atoms with E-state index in [0.717, 1.165) is 11.1 Å². The molecular formula is C16H17FN2O4S. The summed E-state index contributed by atoms with van der Waals surface area (Å²) in [4.78, 5) is 28.5. The second-order valence-corrected chi connectivity index (χ2v) is 6.10. The van der Waals surface area contributed by atoms with Crippen LogP contribution in [-0.2, 0) is 11.2 Å². The Kier molecular flexibility index (Phi) is 5.50. The molecule has 1 atom stereocenters. The van der Waals surface area contributed by atoms with Crippen LogP contribution in [0.3, 0.4) is 0 Å². The lowest BCUT2D eigenvalue weighted by atomic mass is 10.1. The highest BCUT2D eigenvalue weighted by atomic mass is 32.1. The average molecular weight is 352 g/mol. The van der Waals surface area contributed by atoms with Crippen molar-refractivity contribution in [3.8, 4) is 5.75 Å². The number of aromatic nitrogens is 1. The Balaban J connectivity index is 2.28. The minimum absolute atomic E-state index is 0.0000964. The summed E-state index contributed by atoms with van der Waals surface area (Å²) in [5, 5.41) is 12.6. The third-order valence-corrected chi connectivity index (χ3v) is 4.68. The van der Waals surface area contributed by atoms with Crippen LogP contribution >= 0.6 is 11.3 Å². The van der Waals surface area contributed by atoms with Gasteiger partial charge < -0.3 is 15.2 Å². The molecule has 0 bridgehead atoms. The van der Waals surface area contributed by atoms with E-state index in [2.05, 4.69) is 10.3 Å². The van der Waals surface area contributed by atoms with E-state index in [1.165, 1.54) is 30.6 Å². The lowest BCUT2D eigenvalue weighted by Crippen LogP contribution is -2.33. The predicted molar refractivity (Wildman–Crippen MR) is 87.0 cm³/mol. The fraction of sp³-hybridized carbons (Fsp3) is 0.312. The van der Waals surface area contributed by atoms with E-state index in [1.54, 1.807) is 6.92 Å². The average Bonchev–Trinajstić information content (AvgIpc) is 2.93. The van der Waals surface area contributed by atoms with Crippen molar-refractivity contribution < 1.29 is 23.8 Å². The first-order valence-electron chi connectivity index (χ1n) is 7.20. The Morgan fingerprint density at radius 1 is 1.46 bits per heavy atom. The number of benzene rings is 1. The smallest absolute Gasteiger partial charge is 0.330 e. The van der Waals surface area contributed by atoms with Crippen LogP contribution in [0, 0.1) is 12.7 Å². The van der Waals surface area contributed by atoms with Gasteiger partial charge in [-0.1, -0.05) is 13.0 Å². The number of methoxy groups -OCH3 is 1. The number of carbonyl (C=O) groups is 2. The molecule has 1 heterocycles. The Hall–Kier alpha value is -2.48. The van der Waals surface area contributed by atoms with E-state index < -0.39 is 23.7 Å². The Labute approximate surface area is 142 Å². The number of nitrogens with zero attached hydrogens (tertiary/aromatic N) is 1. The van der Waals surface area contributed by atoms with E-state index in [4.69, 9.17) is 4.74 Å². The zero-order chi connectivity index (χ0) is 17.9. The number of hydrogen-bond acceptors (Lipinski definition) is 5. The lowest BCUT2D eigenvalue weighted by Gasteiger charge is -2.15. The number of carbonyl (C=O) groups excluding carboxylic acids is 1. The minimum atomic E-state index is -1.37. The highest BCUT2D eigenvalue weighted by Gasteiger charge is 2.25. The van der Waals surface area contributed by atoms with Crippen LogP contribution in [0.2, 0.25) is 0 Å². The Bertz CT molecular complexity index is 775. The summed E-state index contributed by atoms with van der Waals surface area (Å²) in [5.74, 6) is -2.53. The number of aliphatic carboxylic acids is 1. The van der Waals surface area contributed by atoms with Crippen LogP contribution < -0.4 is 10.1 Å². The van der Waals surface area contributed by atoms with E-state index in [1.807, 2.05) is 6.92 Å². The molecule has 24 heavy (non-hydrogen) atoms. The third kappa shape index (κ3) is 3.70. The van der Waals surface area contributed by atoms with E-state index in [0.29, 0.717) is 17.0 Å². The number of ether oxygens (including phenoxy) is 1. The summed E-state index contributed by atoms with van der Waals surface area (Å²) in [6.07, 6.45) is 0.685. The summed E-state index contributed by atoms with van der Waals surface area (Å²) in [5.41, 5.74) is 0.659. The molecule has 2 N–H and O–H groups in total. The first-order valence-corrected chi connectivity index (χ1v) is 8.02. The standard InChI is InChI=1S/C16H17FN2O4S/c1-4-12-18-8(2)14(24-12)15(20)19-13(16(21)22)9-5-6-11(23-3)10(17)7-9/h5-7,13H,4H2,1-3H3,(H,19,20)(H,21,22). The molecule has 128 valence electrons. The van der Waals surface area contributed by atoms with Crippen LogP contribution in [0.15, 0.2) is 18.2 Å². The first kappa shape index (κ1) is 17.9. The van der Waals surface area contributed by atoms with Crippen LogP contribution in [0.25, 0.3) is 0 Å². The van der Waals surface area contributed by atoms with Gasteiger partial charge in [-0.2, -0.15) is 0 Å². The first-order chi connectivity index (χ1) is 11.4. The van der Waals surface area contributed by atoms with Gasteiger partial charge in [0, 0.05) is 0 Å². The monoisotopic (exact) mass is 352 g/mol. The van der Waals surface area contributed by atoms with Crippen molar-refractivity contribution in [1.82, 2.24) is 10.3 Å². The minimum Gasteiger partial charge on any atom is -0.494 e. The Morgan fingerprint density at radius 3 is 2.67 bits per heavy atom. The van der Waals surface area contributed by atoms with Crippen molar-refractivity contribution in [1.29, 1.82) is 0 Å². The van der Waals surface area contributed by atoms with Crippen molar-refractivity contribution in [2.45, 2.75) is 26.3 Å². The van der Waals surface area contributed by atoms with Crippen LogP contribution in [0.1, 0.15) is 38.9 Å². The van der Waals surface area contributed by atoms with Crippen molar-refractivity contribution >= 4 is 23.2 Å². The number of carboxylic acids is 1. The van der Waals surface area contributed by atoms with Gasteiger partial charge in [0.2, 0.25) is 0 Å². The van der Waals surface area contributed by atoms with E-state index in [-0.39, 0.29) is 11.3 Å². The van der Waals surface area contributed by atoms with Crippen LogP contribution in [-0.4, -0.2) is 29.1 Å². The Morgan fingerprint density at radius 2 is 2.17 bits per heavy atom. The van der Waals surface area contributed by atoms with Gasteiger partial charge in [0.25, 0.3) is 5.91 Å². The molecule has 2 rings (SSSR count). The summed E-state index contributed by atoms with van der Waals surface area (Å²) >= 11 is 1.22. The quantitative estimate of drug-likeness (QED) is 0.834. The summed E-state index contributed by atoms with van der Waals surface area (Å²) in [7, 11) is 1.31. The molecule has 0 spiro atoms. The third-order valence-electron chi connectivity index (χ3n) is 3.38. The fourth-order valence-corrected chi connectivity index (χ4v) is 3.07. The van der Waals surface area contributed by atoms with Crippen molar-refractivity contribution in [2.75, 3.05) is 7.11 Å². The largest absolute Gasteiger partial charge is 0.494 e. The SMILES string of the molecule is CCc1nc(C)c(C(=O)NC(C(=O)O)c2ccc(OC)c(F)c2)s1. The summed E-state index contributed by atoms with van der Waals surface area (Å²) in [6, 6.07) is 2.39. The molecule has 0 radical (unpaired) electrons. The molecule has 0 saturated carbocycles. The van der Waals surface area contributed by atoms with Crippen LogP contribution in [0.5, 0.6) is 5.75 Å². The maximum atomic E-state index is 13.8. The molecule has 0 aliphatic carbocycles. The maximum Gasteiger partial charge on any atom is 0.330 e. The van der Waals surface area contributed by atoms with E-state index in [9.17, 15) is 19.1 Å². The van der Waals surface area contributed by atoms with Gasteiger partial charge in [-0.3, -0.25) is 4.79 Å². The molecular weight excluding hydrogens is 335 g/mol. The number of aryl methyl sites for hydroxylation is 2. The van der Waals surface area contributed by atoms with Gasteiger partial charge >= 0.3 is 5.97 Å². The van der Waals surface area contributed by atoms with Gasteiger partial charge in [-0.05, 0) is 31.0 Å². The molecule has 1 unspecified atom stereocenters. The number of halogens is 1. The predicted octanol–water partition coefficient (Wildman–Crippen LogP) is 2.72. The molecule has 0 aliphatic heterocycles. The molecule has 0 aliphatic rings. The normalized spacial score (nSPS) is 11.8. The number of hydrogen-bond donors (Lipinski definition) is 2. The number of nitrogens with one attached hydrogen (secondary N) is 1.